The second-order valence-corrected chi connectivity index (χ2v) is 9.44. The summed E-state index contributed by atoms with van der Waals surface area (Å²) in [5, 5.41) is 21.1. The average Bonchev–Trinajstić information content (AvgIpc) is 3.27. The molecule has 1 aliphatic heterocycles. The lowest BCUT2D eigenvalue weighted by atomic mass is 9.85. The van der Waals surface area contributed by atoms with E-state index in [9.17, 15) is 15.0 Å². The molecule has 2 fully saturated rings. The molecule has 180 valence electrons. The molecule has 0 radical (unpaired) electrons. The molecule has 6 nitrogen and oxygen atoms in total. The molecule has 0 aromatic carbocycles. The molecule has 0 bridgehead atoms. The molecule has 31 heavy (non-hydrogen) atoms. The van der Waals surface area contributed by atoms with Gasteiger partial charge in [0.25, 0.3) is 0 Å². The Morgan fingerprint density at radius 2 is 1.77 bits per heavy atom. The number of unbranched alkanes of at least 4 members (excludes halogenated alkanes) is 3. The van der Waals surface area contributed by atoms with Crippen LogP contribution in [0.5, 0.6) is 0 Å². The predicted octanol–water partition coefficient (Wildman–Crippen LogP) is 4.52. The number of carbonyl (C=O) groups is 1. The van der Waals surface area contributed by atoms with E-state index in [4.69, 9.17) is 14.2 Å². The third kappa shape index (κ3) is 8.83. The summed E-state index contributed by atoms with van der Waals surface area (Å²) < 4.78 is 17.1. The van der Waals surface area contributed by atoms with Crippen LogP contribution in [-0.2, 0) is 19.0 Å². The molecule has 1 heterocycles. The minimum absolute atomic E-state index is 0.0475. The number of hydrogen-bond acceptors (Lipinski definition) is 6. The van der Waals surface area contributed by atoms with Crippen molar-refractivity contribution in [1.82, 2.24) is 0 Å². The predicted molar refractivity (Wildman–Crippen MR) is 120 cm³/mol. The third-order valence-corrected chi connectivity index (χ3v) is 6.55. The Morgan fingerprint density at radius 3 is 2.45 bits per heavy atom. The van der Waals surface area contributed by atoms with E-state index in [0.717, 1.165) is 51.4 Å². The zero-order valence-electron chi connectivity index (χ0n) is 19.8. The number of esters is 1. The van der Waals surface area contributed by atoms with E-state index in [0.29, 0.717) is 26.1 Å². The minimum atomic E-state index is -0.507. The molecular weight excluding hydrogens is 396 g/mol. The lowest BCUT2D eigenvalue weighted by Crippen LogP contribution is -2.33. The summed E-state index contributed by atoms with van der Waals surface area (Å²) in [5.41, 5.74) is 0. The lowest BCUT2D eigenvalue weighted by molar-refractivity contribution is -0.171. The highest BCUT2D eigenvalue weighted by Gasteiger charge is 2.43. The maximum Gasteiger partial charge on any atom is 0.306 e. The summed E-state index contributed by atoms with van der Waals surface area (Å²) in [7, 11) is 0. The monoisotopic (exact) mass is 440 g/mol. The Morgan fingerprint density at radius 1 is 1.06 bits per heavy atom. The molecule has 2 rings (SSSR count). The van der Waals surface area contributed by atoms with E-state index in [2.05, 4.69) is 19.1 Å². The maximum absolute atomic E-state index is 11.6. The molecule has 0 aromatic rings. The zero-order valence-corrected chi connectivity index (χ0v) is 19.8. The second kappa shape index (κ2) is 13.6. The first-order valence-electron chi connectivity index (χ1n) is 12.4. The van der Waals surface area contributed by atoms with Crippen molar-refractivity contribution in [2.24, 2.45) is 11.8 Å². The summed E-state index contributed by atoms with van der Waals surface area (Å²) in [6.45, 7) is 7.17. The number of rotatable bonds is 14. The zero-order chi connectivity index (χ0) is 22.7. The van der Waals surface area contributed by atoms with Crippen molar-refractivity contribution < 1.29 is 29.2 Å². The minimum Gasteiger partial charge on any atom is -0.463 e. The Hall–Kier alpha value is -0.950. The molecule has 0 aromatic heterocycles. The molecule has 0 spiro atoms. The fourth-order valence-electron chi connectivity index (χ4n) is 4.90. The Kier molecular flexibility index (Phi) is 11.5. The summed E-state index contributed by atoms with van der Waals surface area (Å²) >= 11 is 0. The highest BCUT2D eigenvalue weighted by atomic mass is 16.7. The van der Waals surface area contributed by atoms with Crippen molar-refractivity contribution >= 4 is 5.97 Å². The van der Waals surface area contributed by atoms with Gasteiger partial charge >= 0.3 is 5.97 Å². The number of aliphatic hydroxyl groups is 2. The third-order valence-electron chi connectivity index (χ3n) is 6.55. The van der Waals surface area contributed by atoms with Crippen molar-refractivity contribution in [2.45, 2.75) is 115 Å². The van der Waals surface area contributed by atoms with E-state index in [1.807, 2.05) is 13.8 Å². The first-order valence-corrected chi connectivity index (χ1v) is 12.4. The van der Waals surface area contributed by atoms with Gasteiger partial charge < -0.3 is 24.4 Å². The van der Waals surface area contributed by atoms with Crippen molar-refractivity contribution in [3.8, 4) is 0 Å². The maximum atomic E-state index is 11.6. The van der Waals surface area contributed by atoms with Crippen LogP contribution in [0.25, 0.3) is 0 Å². The van der Waals surface area contributed by atoms with Crippen LogP contribution in [0.1, 0.15) is 91.4 Å². The quantitative estimate of drug-likeness (QED) is 0.235. The van der Waals surface area contributed by atoms with Crippen LogP contribution < -0.4 is 0 Å². The first kappa shape index (κ1) is 26.3. The lowest BCUT2D eigenvalue weighted by Gasteiger charge is -2.31. The summed E-state index contributed by atoms with van der Waals surface area (Å²) in [6, 6.07) is 0. The van der Waals surface area contributed by atoms with Gasteiger partial charge in [-0.05, 0) is 64.2 Å². The van der Waals surface area contributed by atoms with Crippen LogP contribution in [-0.4, -0.2) is 53.5 Å². The highest BCUT2D eigenvalue weighted by molar-refractivity contribution is 5.69. The van der Waals surface area contributed by atoms with E-state index in [1.54, 1.807) is 0 Å². The number of aliphatic hydroxyl groups excluding tert-OH is 2. The Balaban J connectivity index is 1.79. The van der Waals surface area contributed by atoms with Gasteiger partial charge in [-0.3, -0.25) is 4.79 Å². The van der Waals surface area contributed by atoms with Crippen LogP contribution in [0.4, 0.5) is 0 Å². The Labute approximate surface area is 188 Å². The van der Waals surface area contributed by atoms with Gasteiger partial charge in [-0.2, -0.15) is 0 Å². The second-order valence-electron chi connectivity index (χ2n) is 9.44. The van der Waals surface area contributed by atoms with Crippen LogP contribution >= 0.6 is 0 Å². The summed E-state index contributed by atoms with van der Waals surface area (Å²) in [6.07, 6.45) is 12.2. The van der Waals surface area contributed by atoms with E-state index in [-0.39, 0.29) is 23.9 Å². The summed E-state index contributed by atoms with van der Waals surface area (Å²) in [5.74, 6) is -0.558. The Bertz CT molecular complexity index is 540. The van der Waals surface area contributed by atoms with Crippen molar-refractivity contribution in [3.05, 3.63) is 12.2 Å². The van der Waals surface area contributed by atoms with Gasteiger partial charge in [0, 0.05) is 19.3 Å². The van der Waals surface area contributed by atoms with Gasteiger partial charge in [0.05, 0.1) is 31.5 Å². The number of carbonyl (C=O) groups excluding carboxylic acids is 1. The van der Waals surface area contributed by atoms with Crippen LogP contribution in [0.2, 0.25) is 0 Å². The largest absolute Gasteiger partial charge is 0.463 e. The van der Waals surface area contributed by atoms with Crippen molar-refractivity contribution in [1.29, 1.82) is 0 Å². The topological polar surface area (TPSA) is 85.2 Å². The molecule has 1 aliphatic carbocycles. The average molecular weight is 441 g/mol. The van der Waals surface area contributed by atoms with E-state index >= 15 is 0 Å². The molecule has 1 saturated carbocycles. The molecule has 0 amide bonds. The molecule has 4 atom stereocenters. The number of hydrogen-bond donors (Lipinski definition) is 2. The first-order chi connectivity index (χ1) is 14.9. The molecular formula is C25H44O6. The molecule has 2 aliphatic rings. The standard InChI is InChI=1S/C25H44O6/c1-4-5-10-14-25(29-16-17-30-25)15-13-21-20(22(26)18-23(21)27)11-8-6-7-9-12-24(28)31-19(2)3/h6,8,19-23,26-27H,4-5,7,9-18H2,1-3H3/t20-,21-,22+,23-/m1/s1. The van der Waals surface area contributed by atoms with Crippen LogP contribution in [0, 0.1) is 11.8 Å². The smallest absolute Gasteiger partial charge is 0.306 e. The van der Waals surface area contributed by atoms with Gasteiger partial charge in [0.15, 0.2) is 5.79 Å². The normalized spacial score (nSPS) is 28.1. The molecule has 1 saturated heterocycles. The molecule has 2 N–H and O–H groups in total. The van der Waals surface area contributed by atoms with Crippen LogP contribution in [0.3, 0.4) is 0 Å². The molecule has 6 heteroatoms. The summed E-state index contributed by atoms with van der Waals surface area (Å²) in [4.78, 5) is 11.6. The number of ether oxygens (including phenoxy) is 3. The fraction of sp³-hybridized carbons (Fsp3) is 0.880. The highest BCUT2D eigenvalue weighted by Crippen LogP contribution is 2.41. The van der Waals surface area contributed by atoms with Crippen LogP contribution in [0.15, 0.2) is 12.2 Å². The van der Waals surface area contributed by atoms with Gasteiger partial charge in [-0.15, -0.1) is 0 Å². The van der Waals surface area contributed by atoms with E-state index < -0.39 is 18.0 Å². The fourth-order valence-corrected chi connectivity index (χ4v) is 4.90. The van der Waals surface area contributed by atoms with Gasteiger partial charge in [0.1, 0.15) is 0 Å². The van der Waals surface area contributed by atoms with E-state index in [1.165, 1.54) is 6.42 Å². The van der Waals surface area contributed by atoms with Crippen molar-refractivity contribution in [3.63, 3.8) is 0 Å². The van der Waals surface area contributed by atoms with Gasteiger partial charge in [0.2, 0.25) is 0 Å². The van der Waals surface area contributed by atoms with Gasteiger partial charge in [-0.1, -0.05) is 31.9 Å². The van der Waals surface area contributed by atoms with Crippen molar-refractivity contribution in [2.75, 3.05) is 13.2 Å². The SMILES string of the molecule is CCCCCC1(CC[C@@H]2[C@@H](CC=CCCCC(=O)OC(C)C)[C@@H](O)C[C@H]2O)OCCO1. The number of allylic oxidation sites excluding steroid dienone is 2. The van der Waals surface area contributed by atoms with Gasteiger partial charge in [-0.25, -0.2) is 0 Å². The molecule has 0 unspecified atom stereocenters.